The maximum absolute atomic E-state index is 12.1. The molecule has 3 N–H and O–H groups in total. The minimum absolute atomic E-state index is 0.0416. The molecule has 0 bridgehead atoms. The number of phenolic OH excluding ortho intramolecular Hbond substituents is 1. The summed E-state index contributed by atoms with van der Waals surface area (Å²) in [6, 6.07) is 6.84. The number of fused-ring (bicyclic) bond motifs is 3. The van der Waals surface area contributed by atoms with E-state index in [9.17, 15) is 20.1 Å². The molecule has 1 aliphatic heterocycles. The maximum Gasteiger partial charge on any atom is 0.342 e. The van der Waals surface area contributed by atoms with Gasteiger partial charge in [0, 0.05) is 16.3 Å². The van der Waals surface area contributed by atoms with E-state index in [0.29, 0.717) is 10.8 Å². The zero-order valence-electron chi connectivity index (χ0n) is 13.0. The summed E-state index contributed by atoms with van der Waals surface area (Å²) >= 11 is 0. The van der Waals surface area contributed by atoms with Crippen LogP contribution in [-0.4, -0.2) is 40.1 Å². The van der Waals surface area contributed by atoms with Crippen LogP contribution >= 0.6 is 0 Å². The van der Waals surface area contributed by atoms with Gasteiger partial charge >= 0.3 is 5.97 Å². The van der Waals surface area contributed by atoms with Gasteiger partial charge in [0.15, 0.2) is 0 Å². The molecule has 0 spiro atoms. The Bertz CT molecular complexity index is 795. The number of hydrogen-bond donors (Lipinski definition) is 3. The van der Waals surface area contributed by atoms with Crippen LogP contribution in [0.2, 0.25) is 0 Å². The van der Waals surface area contributed by atoms with Crippen LogP contribution in [0.25, 0.3) is 10.8 Å². The van der Waals surface area contributed by atoms with Crippen LogP contribution in [-0.2, 0) is 4.74 Å². The van der Waals surface area contributed by atoms with Gasteiger partial charge in [-0.15, -0.1) is 0 Å². The van der Waals surface area contributed by atoms with E-state index in [1.54, 1.807) is 38.1 Å². The van der Waals surface area contributed by atoms with Crippen LogP contribution in [0.5, 0.6) is 11.5 Å². The second kappa shape index (κ2) is 5.11. The van der Waals surface area contributed by atoms with Gasteiger partial charge in [-0.1, -0.05) is 24.3 Å². The third-order valence-electron chi connectivity index (χ3n) is 4.24. The van der Waals surface area contributed by atoms with E-state index in [1.807, 2.05) is 0 Å². The summed E-state index contributed by atoms with van der Waals surface area (Å²) in [5.74, 6) is -0.846. The quantitative estimate of drug-likeness (QED) is 0.695. The van der Waals surface area contributed by atoms with E-state index in [1.165, 1.54) is 7.11 Å². The monoisotopic (exact) mass is 318 g/mol. The molecule has 0 aromatic heterocycles. The Hall–Kier alpha value is -2.31. The molecule has 0 saturated carbocycles. The molecule has 0 aliphatic carbocycles. The highest BCUT2D eigenvalue weighted by atomic mass is 16.5. The van der Waals surface area contributed by atoms with Gasteiger partial charge in [-0.05, 0) is 13.8 Å². The molecule has 3 rings (SSSR count). The lowest BCUT2D eigenvalue weighted by molar-refractivity contribution is -0.111. The topological polar surface area (TPSA) is 96.2 Å². The molecule has 2 aromatic rings. The summed E-state index contributed by atoms with van der Waals surface area (Å²) in [6.45, 7) is 3.28. The number of carbonyl (C=O) groups excluding carboxylic acids is 1. The summed E-state index contributed by atoms with van der Waals surface area (Å²) in [4.78, 5) is 12.1. The van der Waals surface area contributed by atoms with Crippen molar-refractivity contribution in [3.63, 3.8) is 0 Å². The number of rotatable bonds is 1. The van der Waals surface area contributed by atoms with Crippen molar-refractivity contribution in [3.8, 4) is 11.5 Å². The molecule has 6 nitrogen and oxygen atoms in total. The van der Waals surface area contributed by atoms with E-state index in [2.05, 4.69) is 0 Å². The molecule has 0 unspecified atom stereocenters. The third-order valence-corrected chi connectivity index (χ3v) is 4.24. The first-order valence-corrected chi connectivity index (χ1v) is 7.20. The van der Waals surface area contributed by atoms with Gasteiger partial charge in [-0.25, -0.2) is 4.79 Å². The summed E-state index contributed by atoms with van der Waals surface area (Å²) in [5, 5.41) is 32.3. The number of esters is 1. The van der Waals surface area contributed by atoms with Crippen LogP contribution in [0.15, 0.2) is 24.3 Å². The first kappa shape index (κ1) is 15.6. The highest BCUT2D eigenvalue weighted by molar-refractivity contribution is 6.06. The third kappa shape index (κ3) is 2.14. The molecular formula is C17H18O6. The normalized spacial score (nSPS) is 22.3. The Labute approximate surface area is 132 Å². The van der Waals surface area contributed by atoms with Gasteiger partial charge in [0.05, 0.1) is 7.11 Å². The molecule has 2 aromatic carbocycles. The lowest BCUT2D eigenvalue weighted by Gasteiger charge is -2.41. The number of carbonyl (C=O) groups is 1. The minimum atomic E-state index is -1.39. The fraction of sp³-hybridized carbons (Fsp3) is 0.353. The standard InChI is InChI=1S/C17H18O6/c1-17(2)15(20)13(19)10-11(16(21)22-3)12(18)8-6-4-5-7-9(8)14(10)23-17/h4-7,13,15,18-20H,1-3H3/t13-,15-/m0/s1. The van der Waals surface area contributed by atoms with E-state index < -0.39 is 23.8 Å². The largest absolute Gasteiger partial charge is 0.506 e. The summed E-state index contributed by atoms with van der Waals surface area (Å²) in [6.07, 6.45) is -2.66. The van der Waals surface area contributed by atoms with E-state index in [0.717, 1.165) is 0 Å². The number of benzene rings is 2. The smallest absolute Gasteiger partial charge is 0.342 e. The van der Waals surface area contributed by atoms with Crippen molar-refractivity contribution in [2.24, 2.45) is 0 Å². The van der Waals surface area contributed by atoms with E-state index >= 15 is 0 Å². The molecule has 2 atom stereocenters. The Kier molecular flexibility index (Phi) is 3.46. The van der Waals surface area contributed by atoms with Gasteiger partial charge in [-0.2, -0.15) is 0 Å². The highest BCUT2D eigenvalue weighted by Gasteiger charge is 2.46. The molecule has 0 amide bonds. The van der Waals surface area contributed by atoms with Crippen molar-refractivity contribution in [1.82, 2.24) is 0 Å². The number of hydrogen-bond acceptors (Lipinski definition) is 6. The maximum atomic E-state index is 12.1. The number of methoxy groups -OCH3 is 1. The number of phenols is 1. The van der Waals surface area contributed by atoms with Crippen molar-refractivity contribution in [1.29, 1.82) is 0 Å². The molecule has 1 aliphatic rings. The zero-order chi connectivity index (χ0) is 16.9. The first-order chi connectivity index (χ1) is 10.8. The summed E-state index contributed by atoms with van der Waals surface area (Å²) in [5.41, 5.74) is -1.21. The number of aliphatic hydroxyl groups excluding tert-OH is 2. The second-order valence-electron chi connectivity index (χ2n) is 6.10. The fourth-order valence-corrected chi connectivity index (χ4v) is 2.97. The number of ether oxygens (including phenoxy) is 2. The van der Waals surface area contributed by atoms with Crippen molar-refractivity contribution in [2.45, 2.75) is 31.7 Å². The van der Waals surface area contributed by atoms with Gasteiger partial charge in [0.1, 0.15) is 34.9 Å². The van der Waals surface area contributed by atoms with E-state index in [4.69, 9.17) is 9.47 Å². The molecule has 0 fully saturated rings. The van der Waals surface area contributed by atoms with E-state index in [-0.39, 0.29) is 22.6 Å². The van der Waals surface area contributed by atoms with Gasteiger partial charge < -0.3 is 24.8 Å². The SMILES string of the molecule is COC(=O)c1c2c(c3ccccc3c1O)OC(C)(C)[C@@H](O)[C@H]2O. The fourth-order valence-electron chi connectivity index (χ4n) is 2.97. The lowest BCUT2D eigenvalue weighted by atomic mass is 9.84. The Balaban J connectivity index is 2.45. The van der Waals surface area contributed by atoms with Crippen molar-refractivity contribution in [3.05, 3.63) is 35.4 Å². The zero-order valence-corrected chi connectivity index (χ0v) is 13.0. The number of aliphatic hydroxyl groups is 2. The Morgan fingerprint density at radius 1 is 1.22 bits per heavy atom. The van der Waals surface area contributed by atoms with Crippen molar-refractivity contribution in [2.75, 3.05) is 7.11 Å². The van der Waals surface area contributed by atoms with Crippen LogP contribution < -0.4 is 4.74 Å². The van der Waals surface area contributed by atoms with Gasteiger partial charge in [0.2, 0.25) is 0 Å². The van der Waals surface area contributed by atoms with Crippen molar-refractivity contribution >= 4 is 16.7 Å². The molecule has 1 heterocycles. The number of aromatic hydroxyl groups is 1. The Morgan fingerprint density at radius 3 is 2.43 bits per heavy atom. The van der Waals surface area contributed by atoms with Crippen LogP contribution in [0, 0.1) is 0 Å². The van der Waals surface area contributed by atoms with Crippen LogP contribution in [0.1, 0.15) is 35.9 Å². The molecular weight excluding hydrogens is 300 g/mol. The molecule has 23 heavy (non-hydrogen) atoms. The first-order valence-electron chi connectivity index (χ1n) is 7.20. The molecule has 6 heteroatoms. The minimum Gasteiger partial charge on any atom is -0.506 e. The molecule has 0 radical (unpaired) electrons. The van der Waals surface area contributed by atoms with Gasteiger partial charge in [0.25, 0.3) is 0 Å². The van der Waals surface area contributed by atoms with Crippen molar-refractivity contribution < 1.29 is 29.6 Å². The molecule has 122 valence electrons. The summed E-state index contributed by atoms with van der Waals surface area (Å²) < 4.78 is 10.6. The van der Waals surface area contributed by atoms with Crippen LogP contribution in [0.4, 0.5) is 0 Å². The average Bonchev–Trinajstić information content (AvgIpc) is 2.53. The highest BCUT2D eigenvalue weighted by Crippen LogP contribution is 2.49. The van der Waals surface area contributed by atoms with Gasteiger partial charge in [-0.3, -0.25) is 0 Å². The Morgan fingerprint density at radius 2 is 1.83 bits per heavy atom. The predicted molar refractivity (Wildman–Crippen MR) is 82.6 cm³/mol. The lowest BCUT2D eigenvalue weighted by Crippen LogP contribution is -2.49. The predicted octanol–water partition coefficient (Wildman–Crippen LogP) is 1.90. The summed E-state index contributed by atoms with van der Waals surface area (Å²) in [7, 11) is 1.18. The second-order valence-corrected chi connectivity index (χ2v) is 6.10. The molecule has 0 saturated heterocycles. The van der Waals surface area contributed by atoms with Crippen LogP contribution in [0.3, 0.4) is 0 Å². The average molecular weight is 318 g/mol.